The average molecular weight is 499 g/mol. The van der Waals surface area contributed by atoms with Crippen LogP contribution in [0.5, 0.6) is 5.75 Å². The highest BCUT2D eigenvalue weighted by Gasteiger charge is 2.51. The van der Waals surface area contributed by atoms with Gasteiger partial charge in [0.1, 0.15) is 5.75 Å². The molecule has 0 aliphatic carbocycles. The van der Waals surface area contributed by atoms with Gasteiger partial charge in [-0.1, -0.05) is 76.6 Å². The summed E-state index contributed by atoms with van der Waals surface area (Å²) < 4.78 is 12.8. The molecule has 1 heterocycles. The van der Waals surface area contributed by atoms with Crippen molar-refractivity contribution in [1.29, 1.82) is 5.26 Å². The maximum absolute atomic E-state index is 13.8. The van der Waals surface area contributed by atoms with Gasteiger partial charge in [-0.05, 0) is 41.9 Å². The lowest BCUT2D eigenvalue weighted by Crippen LogP contribution is -2.44. The molecule has 0 bridgehead atoms. The van der Waals surface area contributed by atoms with E-state index < -0.39 is 19.8 Å². The lowest BCUT2D eigenvalue weighted by Gasteiger charge is -2.39. The molecule has 3 rings (SSSR count). The Labute approximate surface area is 209 Å². The van der Waals surface area contributed by atoms with Gasteiger partial charge in [0.15, 0.2) is 14.4 Å². The van der Waals surface area contributed by atoms with Crippen molar-refractivity contribution in [2.45, 2.75) is 64.9 Å². The lowest BCUT2D eigenvalue weighted by atomic mass is 9.89. The number of ether oxygens (including phenoxy) is 1. The molecule has 34 heavy (non-hydrogen) atoms. The Morgan fingerprint density at radius 1 is 1.21 bits per heavy atom. The molecular weight excluding hydrogens is 464 g/mol. The fraction of sp³-hybridized carbons (Fsp3) is 0.481. The van der Waals surface area contributed by atoms with Crippen LogP contribution in [0.2, 0.25) is 23.2 Å². The third-order valence-electron chi connectivity index (χ3n) is 7.07. The first-order valence-corrected chi connectivity index (χ1v) is 14.9. The second-order valence-electron chi connectivity index (χ2n) is 11.2. The average Bonchev–Trinajstić information content (AvgIpc) is 2.98. The molecular formula is C27H35ClN2O3Si. The van der Waals surface area contributed by atoms with Crippen molar-refractivity contribution in [3.63, 3.8) is 0 Å². The summed E-state index contributed by atoms with van der Waals surface area (Å²) >= 11 is 6.35. The number of benzene rings is 2. The van der Waals surface area contributed by atoms with Crippen LogP contribution in [0.25, 0.3) is 0 Å². The molecule has 0 saturated carbocycles. The van der Waals surface area contributed by atoms with Gasteiger partial charge in [0.2, 0.25) is 0 Å². The van der Waals surface area contributed by atoms with Gasteiger partial charge in [-0.25, -0.2) is 0 Å². The Balaban J connectivity index is 1.90. The van der Waals surface area contributed by atoms with Crippen LogP contribution < -0.4 is 4.74 Å². The first-order chi connectivity index (χ1) is 15.8. The molecule has 1 saturated heterocycles. The summed E-state index contributed by atoms with van der Waals surface area (Å²) in [6.45, 7) is 16.1. The molecule has 1 fully saturated rings. The molecule has 7 heteroatoms. The molecule has 0 radical (unpaired) electrons. The minimum absolute atomic E-state index is 0.0700. The fourth-order valence-corrected chi connectivity index (χ4v) is 5.13. The number of rotatable bonds is 7. The molecule has 0 unspecified atom stereocenters. The summed E-state index contributed by atoms with van der Waals surface area (Å²) in [4.78, 5) is 15.7. The van der Waals surface area contributed by atoms with E-state index >= 15 is 0 Å². The lowest BCUT2D eigenvalue weighted by molar-refractivity contribution is -0.137. The normalized spacial score (nSPS) is 19.1. The van der Waals surface area contributed by atoms with E-state index in [4.69, 9.17) is 26.0 Å². The molecule has 2 aromatic rings. The fourth-order valence-electron chi connectivity index (χ4n) is 3.90. The zero-order valence-electron chi connectivity index (χ0n) is 21.2. The number of nitriles is 1. The van der Waals surface area contributed by atoms with E-state index in [1.54, 1.807) is 18.2 Å². The predicted octanol–water partition coefficient (Wildman–Crippen LogP) is 6.59. The quantitative estimate of drug-likeness (QED) is 0.404. The monoisotopic (exact) mass is 498 g/mol. The molecule has 0 spiro atoms. The van der Waals surface area contributed by atoms with E-state index in [1.807, 2.05) is 49.1 Å². The summed E-state index contributed by atoms with van der Waals surface area (Å²) in [7, 11) is -2.02. The van der Waals surface area contributed by atoms with E-state index in [1.165, 1.54) is 0 Å². The minimum atomic E-state index is -2.02. The van der Waals surface area contributed by atoms with Crippen molar-refractivity contribution in [2.24, 2.45) is 5.41 Å². The third kappa shape index (κ3) is 5.49. The summed E-state index contributed by atoms with van der Waals surface area (Å²) in [6.07, 6.45) is -0.697. The molecule has 5 nitrogen and oxygen atoms in total. The van der Waals surface area contributed by atoms with E-state index in [9.17, 15) is 4.79 Å². The Bertz CT molecular complexity index is 1070. The molecule has 2 atom stereocenters. The number of hydrogen-bond acceptors (Lipinski definition) is 4. The van der Waals surface area contributed by atoms with E-state index in [2.05, 4.69) is 39.9 Å². The molecule has 1 aliphatic heterocycles. The highest BCUT2D eigenvalue weighted by Crippen LogP contribution is 2.42. The van der Waals surface area contributed by atoms with Crippen LogP contribution in [-0.2, 0) is 9.22 Å². The topological polar surface area (TPSA) is 62.6 Å². The smallest absolute Gasteiger partial charge is 0.264 e. The van der Waals surface area contributed by atoms with Crippen LogP contribution in [0.1, 0.15) is 51.8 Å². The Kier molecular flexibility index (Phi) is 7.52. The van der Waals surface area contributed by atoms with Crippen molar-refractivity contribution in [3.05, 3.63) is 64.7 Å². The Morgan fingerprint density at radius 2 is 1.85 bits per heavy atom. The van der Waals surface area contributed by atoms with Crippen molar-refractivity contribution in [3.8, 4) is 11.8 Å². The Hall–Kier alpha value is -2.33. The minimum Gasteiger partial charge on any atom is -0.478 e. The number of carbonyl (C=O) groups is 1. The van der Waals surface area contributed by atoms with Crippen LogP contribution in [0.15, 0.2) is 48.5 Å². The molecule has 0 aromatic heterocycles. The highest BCUT2D eigenvalue weighted by molar-refractivity contribution is 6.74. The van der Waals surface area contributed by atoms with Gasteiger partial charge in [-0.15, -0.1) is 0 Å². The standard InChI is InChI=1S/C27H35ClN2O3Si/c1-26(2,3)34(6,7)32-17-22(20-11-9-8-10-12-20)30-18-27(4,5)24(25(30)31)33-23-14-13-19(16-29)15-21(23)28/h8-15,22,24H,17-18H2,1-7H3/t22-,24-/m0/s1. The van der Waals surface area contributed by atoms with Gasteiger partial charge in [-0.3, -0.25) is 4.79 Å². The molecule has 2 aromatic carbocycles. The van der Waals surface area contributed by atoms with Gasteiger partial charge < -0.3 is 14.1 Å². The van der Waals surface area contributed by atoms with Crippen LogP contribution in [0, 0.1) is 16.7 Å². The van der Waals surface area contributed by atoms with Crippen LogP contribution >= 0.6 is 11.6 Å². The first kappa shape index (κ1) is 26.3. The molecule has 182 valence electrons. The van der Waals surface area contributed by atoms with Crippen molar-refractivity contribution in [1.82, 2.24) is 4.90 Å². The second kappa shape index (κ2) is 9.73. The zero-order chi connectivity index (χ0) is 25.3. The maximum Gasteiger partial charge on any atom is 0.264 e. The van der Waals surface area contributed by atoms with Gasteiger partial charge >= 0.3 is 0 Å². The van der Waals surface area contributed by atoms with Crippen LogP contribution in [0.3, 0.4) is 0 Å². The highest BCUT2D eigenvalue weighted by atomic mass is 35.5. The predicted molar refractivity (Wildman–Crippen MR) is 138 cm³/mol. The Morgan fingerprint density at radius 3 is 2.41 bits per heavy atom. The number of halogens is 1. The maximum atomic E-state index is 13.8. The van der Waals surface area contributed by atoms with Gasteiger partial charge in [0, 0.05) is 12.0 Å². The van der Waals surface area contributed by atoms with E-state index in [0.717, 1.165) is 5.56 Å². The van der Waals surface area contributed by atoms with E-state index in [0.29, 0.717) is 29.5 Å². The van der Waals surface area contributed by atoms with Crippen molar-refractivity contribution in [2.75, 3.05) is 13.2 Å². The number of nitrogens with zero attached hydrogens (tertiary/aromatic N) is 2. The van der Waals surface area contributed by atoms with Crippen LogP contribution in [-0.4, -0.2) is 38.4 Å². The summed E-state index contributed by atoms with van der Waals surface area (Å²) in [5.74, 6) is 0.320. The van der Waals surface area contributed by atoms with Gasteiger partial charge in [0.05, 0.1) is 29.3 Å². The summed E-state index contributed by atoms with van der Waals surface area (Å²) in [5, 5.41) is 9.50. The zero-order valence-corrected chi connectivity index (χ0v) is 22.9. The van der Waals surface area contributed by atoms with Gasteiger partial charge in [-0.2, -0.15) is 5.26 Å². The second-order valence-corrected chi connectivity index (χ2v) is 16.4. The number of carbonyl (C=O) groups excluding carboxylic acids is 1. The summed E-state index contributed by atoms with van der Waals surface area (Å²) in [5.41, 5.74) is 1.04. The van der Waals surface area contributed by atoms with Crippen LogP contribution in [0.4, 0.5) is 0 Å². The van der Waals surface area contributed by atoms with E-state index in [-0.39, 0.29) is 17.0 Å². The molecule has 1 aliphatic rings. The van der Waals surface area contributed by atoms with Crippen molar-refractivity contribution >= 4 is 25.8 Å². The molecule has 1 amide bonds. The molecule has 0 N–H and O–H groups in total. The van der Waals surface area contributed by atoms with Gasteiger partial charge in [0.25, 0.3) is 5.91 Å². The number of likely N-dealkylation sites (tertiary alicyclic amines) is 1. The third-order valence-corrected chi connectivity index (χ3v) is 11.9. The first-order valence-electron chi connectivity index (χ1n) is 11.6. The summed E-state index contributed by atoms with van der Waals surface area (Å²) in [6, 6.07) is 16.8. The number of hydrogen-bond donors (Lipinski definition) is 0. The van der Waals surface area contributed by atoms with Crippen molar-refractivity contribution < 1.29 is 14.0 Å². The largest absolute Gasteiger partial charge is 0.478 e. The number of amides is 1. The SMILES string of the molecule is CC1(C)CN([C@@H](CO[Si](C)(C)C(C)(C)C)c2ccccc2)C(=O)[C@@H]1Oc1ccc(C#N)cc1Cl.